The fourth-order valence-electron chi connectivity index (χ4n) is 2.27. The molecule has 1 saturated carbocycles. The van der Waals surface area contributed by atoms with Crippen LogP contribution in [0.25, 0.3) is 0 Å². The first kappa shape index (κ1) is 14.7. The molecule has 3 rings (SSSR count). The van der Waals surface area contributed by atoms with Gasteiger partial charge in [-0.3, -0.25) is 0 Å². The minimum absolute atomic E-state index is 0. The van der Waals surface area contributed by atoms with Crippen molar-refractivity contribution in [2.75, 3.05) is 13.1 Å². The lowest BCUT2D eigenvalue weighted by molar-refractivity contribution is 0.451. The molecule has 0 bridgehead atoms. The highest BCUT2D eigenvalue weighted by atomic mass is 35.5. The zero-order valence-corrected chi connectivity index (χ0v) is 11.4. The van der Waals surface area contributed by atoms with Crippen LogP contribution in [0.15, 0.2) is 12.3 Å². The molecule has 0 unspecified atom stereocenters. The van der Waals surface area contributed by atoms with Gasteiger partial charge in [-0.25, -0.2) is 9.97 Å². The third-order valence-corrected chi connectivity index (χ3v) is 3.40. The second kappa shape index (κ2) is 6.53. The van der Waals surface area contributed by atoms with Crippen molar-refractivity contribution in [3.8, 4) is 0 Å². The van der Waals surface area contributed by atoms with E-state index in [2.05, 4.69) is 16.4 Å². The Hall–Kier alpha value is -0.380. The molecule has 0 amide bonds. The Labute approximate surface area is 115 Å². The van der Waals surface area contributed by atoms with Crippen LogP contribution >= 0.6 is 24.8 Å². The van der Waals surface area contributed by atoms with Crippen LogP contribution in [0.5, 0.6) is 0 Å². The highest BCUT2D eigenvalue weighted by Crippen LogP contribution is 2.38. The molecule has 1 saturated heterocycles. The molecule has 2 heterocycles. The summed E-state index contributed by atoms with van der Waals surface area (Å²) in [5.74, 6) is 2.42. The van der Waals surface area contributed by atoms with Crippen LogP contribution in [0.3, 0.4) is 0 Å². The predicted octanol–water partition coefficient (Wildman–Crippen LogP) is 2.66. The van der Waals surface area contributed by atoms with Gasteiger partial charge in [-0.15, -0.1) is 24.8 Å². The summed E-state index contributed by atoms with van der Waals surface area (Å²) in [6, 6.07) is 2.10. The zero-order chi connectivity index (χ0) is 10.1. The molecule has 2 fully saturated rings. The zero-order valence-electron chi connectivity index (χ0n) is 9.76. The van der Waals surface area contributed by atoms with E-state index in [4.69, 9.17) is 4.98 Å². The largest absolute Gasteiger partial charge is 0.317 e. The summed E-state index contributed by atoms with van der Waals surface area (Å²) in [6.07, 6.45) is 6.96. The molecule has 1 aliphatic heterocycles. The molecule has 3 nitrogen and oxygen atoms in total. The third kappa shape index (κ3) is 3.54. The van der Waals surface area contributed by atoms with E-state index in [1.807, 2.05) is 6.20 Å². The summed E-state index contributed by atoms with van der Waals surface area (Å²) < 4.78 is 0. The molecule has 17 heavy (non-hydrogen) atoms. The van der Waals surface area contributed by atoms with Gasteiger partial charge in [0.2, 0.25) is 0 Å². The van der Waals surface area contributed by atoms with Crippen LogP contribution in [0.2, 0.25) is 0 Å². The van der Waals surface area contributed by atoms with Gasteiger partial charge in [-0.2, -0.15) is 0 Å². The number of rotatable bonds is 2. The van der Waals surface area contributed by atoms with Gasteiger partial charge in [0, 0.05) is 23.7 Å². The second-order valence-corrected chi connectivity index (χ2v) is 4.64. The van der Waals surface area contributed by atoms with Gasteiger partial charge in [-0.1, -0.05) is 0 Å². The smallest absolute Gasteiger partial charge is 0.131 e. The van der Waals surface area contributed by atoms with Crippen molar-refractivity contribution in [2.45, 2.75) is 37.5 Å². The molecule has 1 N–H and O–H groups in total. The van der Waals surface area contributed by atoms with Gasteiger partial charge in [0.25, 0.3) is 0 Å². The van der Waals surface area contributed by atoms with Crippen LogP contribution in [0, 0.1) is 0 Å². The Kier molecular flexibility index (Phi) is 5.63. The summed E-state index contributed by atoms with van der Waals surface area (Å²) >= 11 is 0. The van der Waals surface area contributed by atoms with Gasteiger partial charge in [0.05, 0.1) is 0 Å². The maximum atomic E-state index is 4.72. The number of piperidine rings is 1. The highest BCUT2D eigenvalue weighted by molar-refractivity contribution is 5.85. The van der Waals surface area contributed by atoms with Gasteiger partial charge >= 0.3 is 0 Å². The van der Waals surface area contributed by atoms with Gasteiger partial charge < -0.3 is 5.32 Å². The number of nitrogens with one attached hydrogen (secondary N) is 1. The fraction of sp³-hybridized carbons (Fsp3) is 0.667. The van der Waals surface area contributed by atoms with E-state index in [1.54, 1.807) is 0 Å². The van der Waals surface area contributed by atoms with Crippen molar-refractivity contribution in [2.24, 2.45) is 0 Å². The maximum absolute atomic E-state index is 4.72. The Bertz CT molecular complexity index is 349. The van der Waals surface area contributed by atoms with E-state index in [9.17, 15) is 0 Å². The first-order valence-electron chi connectivity index (χ1n) is 5.97. The molecule has 96 valence electrons. The predicted molar refractivity (Wildman–Crippen MR) is 73.3 cm³/mol. The van der Waals surface area contributed by atoms with Crippen molar-refractivity contribution >= 4 is 24.8 Å². The minimum Gasteiger partial charge on any atom is -0.317 e. The molecular formula is C12H19Cl2N3. The van der Waals surface area contributed by atoms with Crippen LogP contribution in [-0.4, -0.2) is 23.1 Å². The number of halogens is 2. The third-order valence-electron chi connectivity index (χ3n) is 3.40. The molecule has 1 aromatic heterocycles. The normalized spacial score (nSPS) is 20.2. The number of hydrogen-bond donors (Lipinski definition) is 1. The molecule has 2 aliphatic rings. The van der Waals surface area contributed by atoms with Crippen molar-refractivity contribution in [1.29, 1.82) is 0 Å². The summed E-state index contributed by atoms with van der Waals surface area (Å²) in [5.41, 5.74) is 1.27. The average Bonchev–Trinajstić information content (AvgIpc) is 3.14. The van der Waals surface area contributed by atoms with Crippen LogP contribution < -0.4 is 5.32 Å². The Morgan fingerprint density at radius 3 is 2.35 bits per heavy atom. The standard InChI is InChI=1S/C12H17N3.2ClH/c1-2-10(1)12-14-8-5-11(15-12)9-3-6-13-7-4-9;;/h5,8-10,13H,1-4,6-7H2;2*1H. The maximum Gasteiger partial charge on any atom is 0.131 e. The molecule has 0 aromatic carbocycles. The summed E-state index contributed by atoms with van der Waals surface area (Å²) in [4.78, 5) is 9.09. The van der Waals surface area contributed by atoms with E-state index < -0.39 is 0 Å². The minimum atomic E-state index is 0. The van der Waals surface area contributed by atoms with E-state index in [1.165, 1.54) is 31.4 Å². The lowest BCUT2D eigenvalue weighted by atomic mass is 9.94. The first-order valence-corrected chi connectivity index (χ1v) is 5.97. The van der Waals surface area contributed by atoms with Crippen LogP contribution in [0.4, 0.5) is 0 Å². The van der Waals surface area contributed by atoms with Gasteiger partial charge in [0.1, 0.15) is 5.82 Å². The fourth-order valence-corrected chi connectivity index (χ4v) is 2.27. The lowest BCUT2D eigenvalue weighted by Gasteiger charge is -2.22. The highest BCUT2D eigenvalue weighted by Gasteiger charge is 2.27. The quantitative estimate of drug-likeness (QED) is 0.902. The lowest BCUT2D eigenvalue weighted by Crippen LogP contribution is -2.27. The number of hydrogen-bond acceptors (Lipinski definition) is 3. The van der Waals surface area contributed by atoms with E-state index in [-0.39, 0.29) is 24.8 Å². The summed E-state index contributed by atoms with van der Waals surface area (Å²) in [6.45, 7) is 2.26. The van der Waals surface area contributed by atoms with E-state index in [0.29, 0.717) is 11.8 Å². The van der Waals surface area contributed by atoms with Gasteiger partial charge in [-0.05, 0) is 44.8 Å². The first-order chi connectivity index (χ1) is 7.43. The average molecular weight is 276 g/mol. The number of nitrogens with zero attached hydrogens (tertiary/aromatic N) is 2. The Morgan fingerprint density at radius 2 is 1.71 bits per heavy atom. The Morgan fingerprint density at radius 1 is 1.00 bits per heavy atom. The van der Waals surface area contributed by atoms with E-state index in [0.717, 1.165) is 18.9 Å². The van der Waals surface area contributed by atoms with Crippen LogP contribution in [-0.2, 0) is 0 Å². The topological polar surface area (TPSA) is 37.8 Å². The number of aromatic nitrogens is 2. The summed E-state index contributed by atoms with van der Waals surface area (Å²) in [7, 11) is 0. The molecule has 0 spiro atoms. The molecule has 0 atom stereocenters. The summed E-state index contributed by atoms with van der Waals surface area (Å²) in [5, 5.41) is 3.39. The van der Waals surface area contributed by atoms with E-state index >= 15 is 0 Å². The second-order valence-electron chi connectivity index (χ2n) is 4.64. The Balaban J connectivity index is 0.000000722. The monoisotopic (exact) mass is 275 g/mol. The molecule has 1 aliphatic carbocycles. The van der Waals surface area contributed by atoms with Crippen LogP contribution in [0.1, 0.15) is 49.0 Å². The molecule has 0 radical (unpaired) electrons. The SMILES string of the molecule is Cl.Cl.c1cc(C2CCNCC2)nc(C2CC2)n1. The van der Waals surface area contributed by atoms with Crippen molar-refractivity contribution < 1.29 is 0 Å². The van der Waals surface area contributed by atoms with Crippen molar-refractivity contribution in [3.05, 3.63) is 23.8 Å². The molecular weight excluding hydrogens is 257 g/mol. The van der Waals surface area contributed by atoms with Gasteiger partial charge in [0.15, 0.2) is 0 Å². The molecule has 5 heteroatoms. The molecule has 1 aromatic rings. The van der Waals surface area contributed by atoms with Crippen molar-refractivity contribution in [1.82, 2.24) is 15.3 Å². The van der Waals surface area contributed by atoms with Crippen molar-refractivity contribution in [3.63, 3.8) is 0 Å².